The number of fused-ring (bicyclic) bond motifs is 1. The van der Waals surface area contributed by atoms with Crippen LogP contribution in [0.25, 0.3) is 16.6 Å². The Balaban J connectivity index is 1.71. The van der Waals surface area contributed by atoms with Crippen LogP contribution in [0.2, 0.25) is 0 Å². The summed E-state index contributed by atoms with van der Waals surface area (Å²) in [5, 5.41) is 18.9. The lowest BCUT2D eigenvalue weighted by Gasteiger charge is -2.16. The average Bonchev–Trinajstić information content (AvgIpc) is 3.29. The van der Waals surface area contributed by atoms with Gasteiger partial charge in [0.15, 0.2) is 0 Å². The Labute approximate surface area is 144 Å². The van der Waals surface area contributed by atoms with Gasteiger partial charge in [0.2, 0.25) is 0 Å². The van der Waals surface area contributed by atoms with Crippen LogP contribution in [0.4, 0.5) is 0 Å². The van der Waals surface area contributed by atoms with Crippen molar-refractivity contribution < 1.29 is 14.3 Å². The van der Waals surface area contributed by atoms with Crippen molar-refractivity contribution in [3.63, 3.8) is 0 Å². The van der Waals surface area contributed by atoms with Crippen LogP contribution in [-0.2, 0) is 13.6 Å². The van der Waals surface area contributed by atoms with E-state index in [1.165, 1.54) is 0 Å². The number of nitrogens with zero attached hydrogens (tertiary/aromatic N) is 3. The number of methoxy groups -OCH3 is 1. The first-order valence-electron chi connectivity index (χ1n) is 7.87. The summed E-state index contributed by atoms with van der Waals surface area (Å²) in [7, 11) is 3.48. The fraction of sp³-hybridized carbons (Fsp3) is 0.222. The molecule has 7 heteroatoms. The molecule has 0 saturated heterocycles. The highest BCUT2D eigenvalue weighted by molar-refractivity contribution is 6.23. The molecule has 0 fully saturated rings. The van der Waals surface area contributed by atoms with Gasteiger partial charge in [0, 0.05) is 13.1 Å². The van der Waals surface area contributed by atoms with Gasteiger partial charge in [-0.15, -0.1) is 0 Å². The summed E-state index contributed by atoms with van der Waals surface area (Å²) in [4.78, 5) is 6.36. The lowest BCUT2D eigenvalue weighted by molar-refractivity contribution is 0.328. The van der Waals surface area contributed by atoms with Gasteiger partial charge < -0.3 is 23.7 Å². The number of amidine groups is 1. The summed E-state index contributed by atoms with van der Waals surface area (Å²) < 4.78 is 12.5. The molecule has 1 aliphatic heterocycles. The van der Waals surface area contributed by atoms with Gasteiger partial charge in [-0.3, -0.25) is 5.41 Å². The van der Waals surface area contributed by atoms with Crippen LogP contribution in [0.1, 0.15) is 11.6 Å². The molecule has 128 valence electrons. The number of aromatic nitrogens is 2. The number of imidazole rings is 1. The van der Waals surface area contributed by atoms with Crippen molar-refractivity contribution in [1.82, 2.24) is 14.5 Å². The smallest absolute Gasteiger partial charge is 0.148 e. The van der Waals surface area contributed by atoms with Crippen molar-refractivity contribution in [3.05, 3.63) is 53.9 Å². The molecule has 7 nitrogen and oxygen atoms in total. The summed E-state index contributed by atoms with van der Waals surface area (Å²) in [5.74, 6) is 2.40. The van der Waals surface area contributed by atoms with Crippen molar-refractivity contribution >= 4 is 22.4 Å². The number of hydrogen-bond acceptors (Lipinski definition) is 5. The zero-order chi connectivity index (χ0) is 17.6. The number of rotatable bonds is 4. The Morgan fingerprint density at radius 2 is 2.20 bits per heavy atom. The zero-order valence-electron chi connectivity index (χ0n) is 14.0. The molecule has 0 saturated carbocycles. The van der Waals surface area contributed by atoms with E-state index in [2.05, 4.69) is 4.98 Å². The predicted molar refractivity (Wildman–Crippen MR) is 93.7 cm³/mol. The molecule has 2 N–H and O–H groups in total. The fourth-order valence-electron chi connectivity index (χ4n) is 3.12. The first-order chi connectivity index (χ1) is 12.1. The van der Waals surface area contributed by atoms with Crippen LogP contribution in [0.15, 0.2) is 46.8 Å². The molecule has 25 heavy (non-hydrogen) atoms. The second-order valence-electron chi connectivity index (χ2n) is 5.95. The minimum absolute atomic E-state index is 0.141. The second-order valence-corrected chi connectivity index (χ2v) is 5.95. The van der Waals surface area contributed by atoms with Crippen LogP contribution >= 0.6 is 0 Å². The van der Waals surface area contributed by atoms with Crippen molar-refractivity contribution in [3.8, 4) is 5.75 Å². The van der Waals surface area contributed by atoms with Crippen LogP contribution < -0.4 is 4.74 Å². The van der Waals surface area contributed by atoms with E-state index in [0.29, 0.717) is 17.9 Å². The van der Waals surface area contributed by atoms with E-state index >= 15 is 0 Å². The summed E-state index contributed by atoms with van der Waals surface area (Å²) in [6.45, 7) is 0.693. The Morgan fingerprint density at radius 1 is 1.36 bits per heavy atom. The summed E-state index contributed by atoms with van der Waals surface area (Å²) in [6.07, 6.45) is 1.60. The number of hydrogen-bond donors (Lipinski definition) is 2. The number of furan rings is 1. The third-order valence-electron chi connectivity index (χ3n) is 4.42. The first kappa shape index (κ1) is 15.3. The second kappa shape index (κ2) is 5.70. The highest BCUT2D eigenvalue weighted by atomic mass is 16.5. The summed E-state index contributed by atoms with van der Waals surface area (Å²) in [5.41, 5.74) is 2.12. The SMILES string of the molecule is COc1ccc2c(c1)nc(C1=C(O)CN(Cc3ccco3)C1=N)n2C. The van der Waals surface area contributed by atoms with E-state index in [-0.39, 0.29) is 18.1 Å². The minimum Gasteiger partial charge on any atom is -0.510 e. The Morgan fingerprint density at radius 3 is 2.92 bits per heavy atom. The highest BCUT2D eigenvalue weighted by Gasteiger charge is 2.31. The molecular weight excluding hydrogens is 320 g/mol. The molecule has 0 unspecified atom stereocenters. The molecule has 0 spiro atoms. The summed E-state index contributed by atoms with van der Waals surface area (Å²) in [6, 6.07) is 9.29. The van der Waals surface area contributed by atoms with Gasteiger partial charge in [-0.05, 0) is 24.3 Å². The monoisotopic (exact) mass is 338 g/mol. The molecule has 4 rings (SSSR count). The maximum atomic E-state index is 10.5. The maximum Gasteiger partial charge on any atom is 0.148 e. The molecule has 0 bridgehead atoms. The van der Waals surface area contributed by atoms with Crippen LogP contribution in [0.5, 0.6) is 5.75 Å². The van der Waals surface area contributed by atoms with Gasteiger partial charge in [-0.2, -0.15) is 0 Å². The molecule has 0 aliphatic carbocycles. The third kappa shape index (κ3) is 2.44. The number of benzene rings is 1. The molecule has 0 radical (unpaired) electrons. The number of aliphatic hydroxyl groups is 1. The Hall–Kier alpha value is -3.22. The van der Waals surface area contributed by atoms with Crippen molar-refractivity contribution in [2.45, 2.75) is 6.54 Å². The van der Waals surface area contributed by atoms with Gasteiger partial charge in [-0.1, -0.05) is 0 Å². The van der Waals surface area contributed by atoms with E-state index < -0.39 is 0 Å². The van der Waals surface area contributed by atoms with E-state index in [9.17, 15) is 5.11 Å². The summed E-state index contributed by atoms with van der Waals surface area (Å²) >= 11 is 0. The van der Waals surface area contributed by atoms with Crippen LogP contribution in [0.3, 0.4) is 0 Å². The van der Waals surface area contributed by atoms with Crippen molar-refractivity contribution in [2.24, 2.45) is 7.05 Å². The van der Waals surface area contributed by atoms with E-state index in [1.54, 1.807) is 18.3 Å². The predicted octanol–water partition coefficient (Wildman–Crippen LogP) is 2.94. The third-order valence-corrected chi connectivity index (χ3v) is 4.42. The highest BCUT2D eigenvalue weighted by Crippen LogP contribution is 2.30. The maximum absolute atomic E-state index is 10.5. The quantitative estimate of drug-likeness (QED) is 0.764. The van der Waals surface area contributed by atoms with E-state index in [4.69, 9.17) is 14.6 Å². The van der Waals surface area contributed by atoms with Gasteiger partial charge in [0.1, 0.15) is 28.9 Å². The molecule has 1 aliphatic rings. The minimum atomic E-state index is 0.141. The van der Waals surface area contributed by atoms with Gasteiger partial charge >= 0.3 is 0 Å². The van der Waals surface area contributed by atoms with Crippen molar-refractivity contribution in [2.75, 3.05) is 13.7 Å². The van der Waals surface area contributed by atoms with Gasteiger partial charge in [0.05, 0.1) is 43.1 Å². The topological polar surface area (TPSA) is 87.5 Å². The lowest BCUT2D eigenvalue weighted by atomic mass is 10.2. The number of aliphatic hydroxyl groups excluding tert-OH is 1. The molecule has 1 aromatic carbocycles. The standard InChI is InChI=1S/C18H18N4O3/c1-21-14-6-5-11(24-2)8-13(14)20-18(21)16-15(23)10-22(17(16)19)9-12-4-3-7-25-12/h3-8,19,23H,9-10H2,1-2H3. The van der Waals surface area contributed by atoms with Crippen molar-refractivity contribution in [1.29, 1.82) is 5.41 Å². The molecule has 3 aromatic rings. The number of ether oxygens (including phenoxy) is 1. The molecule has 2 aromatic heterocycles. The van der Waals surface area contributed by atoms with Crippen LogP contribution in [0, 0.1) is 5.41 Å². The molecule has 0 amide bonds. The zero-order valence-corrected chi connectivity index (χ0v) is 14.0. The molecule has 0 atom stereocenters. The lowest BCUT2D eigenvalue weighted by Crippen LogP contribution is -2.26. The van der Waals surface area contributed by atoms with Gasteiger partial charge in [0.25, 0.3) is 0 Å². The van der Waals surface area contributed by atoms with Gasteiger partial charge in [-0.25, -0.2) is 4.98 Å². The van der Waals surface area contributed by atoms with E-state index in [1.807, 2.05) is 41.9 Å². The normalized spacial score (nSPS) is 14.8. The fourth-order valence-corrected chi connectivity index (χ4v) is 3.12. The van der Waals surface area contributed by atoms with E-state index in [0.717, 1.165) is 22.5 Å². The average molecular weight is 338 g/mol. The molecule has 3 heterocycles. The Bertz CT molecular complexity index is 985. The number of aryl methyl sites for hydroxylation is 1. The number of nitrogens with one attached hydrogen (secondary N) is 1. The first-order valence-corrected chi connectivity index (χ1v) is 7.87. The largest absolute Gasteiger partial charge is 0.510 e. The Kier molecular flexibility index (Phi) is 3.49. The van der Waals surface area contributed by atoms with Crippen LogP contribution in [-0.4, -0.2) is 39.0 Å². The molecular formula is C18H18N4O3.